The molecule has 0 unspecified atom stereocenters. The second-order valence-electron chi connectivity index (χ2n) is 5.10. The normalized spacial score (nSPS) is 11.6. The molecule has 0 saturated carbocycles. The van der Waals surface area contributed by atoms with Gasteiger partial charge >= 0.3 is 0 Å². The van der Waals surface area contributed by atoms with Crippen LogP contribution in [0.5, 0.6) is 0 Å². The summed E-state index contributed by atoms with van der Waals surface area (Å²) in [7, 11) is 4.14. The second kappa shape index (κ2) is 6.34. The maximum absolute atomic E-state index is 10.8. The fourth-order valence-corrected chi connectivity index (χ4v) is 2.02. The molecule has 0 atom stereocenters. The van der Waals surface area contributed by atoms with Crippen molar-refractivity contribution in [1.82, 2.24) is 15.3 Å². The van der Waals surface area contributed by atoms with Crippen molar-refractivity contribution in [3.63, 3.8) is 0 Å². The number of hydrazone groups is 1. The molecule has 0 saturated heterocycles. The van der Waals surface area contributed by atoms with Crippen LogP contribution in [-0.4, -0.2) is 42.6 Å². The van der Waals surface area contributed by atoms with E-state index >= 15 is 0 Å². The van der Waals surface area contributed by atoms with Gasteiger partial charge in [0.15, 0.2) is 0 Å². The molecule has 0 bridgehead atoms. The average Bonchev–Trinajstić information content (AvgIpc) is 2.78. The van der Waals surface area contributed by atoms with E-state index in [4.69, 9.17) is 0 Å². The molecule has 2 N–H and O–H groups in total. The van der Waals surface area contributed by atoms with E-state index in [1.165, 1.54) is 17.9 Å². The number of aromatic nitrogens is 1. The topological polar surface area (TPSA) is 60.5 Å². The van der Waals surface area contributed by atoms with Gasteiger partial charge in [-0.25, -0.2) is 5.43 Å². The van der Waals surface area contributed by atoms with E-state index in [0.717, 1.165) is 24.0 Å². The van der Waals surface area contributed by atoms with Crippen molar-refractivity contribution in [2.24, 2.45) is 5.10 Å². The molecule has 1 amide bonds. The van der Waals surface area contributed by atoms with Crippen LogP contribution in [0.15, 0.2) is 29.5 Å². The first-order valence-corrected chi connectivity index (χ1v) is 6.60. The zero-order valence-corrected chi connectivity index (χ0v) is 12.1. The van der Waals surface area contributed by atoms with Crippen LogP contribution in [0.2, 0.25) is 0 Å². The minimum atomic E-state index is -0.171. The summed E-state index contributed by atoms with van der Waals surface area (Å²) in [6.07, 6.45) is 4.71. The average molecular weight is 272 g/mol. The molecule has 0 aliphatic carbocycles. The zero-order chi connectivity index (χ0) is 14.5. The summed E-state index contributed by atoms with van der Waals surface area (Å²) < 4.78 is 0. The summed E-state index contributed by atoms with van der Waals surface area (Å²) in [5.74, 6) is -0.171. The molecule has 1 aromatic carbocycles. The van der Waals surface area contributed by atoms with Crippen molar-refractivity contribution in [1.29, 1.82) is 0 Å². The van der Waals surface area contributed by atoms with Crippen LogP contribution in [0.25, 0.3) is 10.9 Å². The van der Waals surface area contributed by atoms with Crippen LogP contribution in [0, 0.1) is 0 Å². The van der Waals surface area contributed by atoms with Crippen LogP contribution in [0.1, 0.15) is 18.1 Å². The van der Waals surface area contributed by atoms with Crippen molar-refractivity contribution in [3.05, 3.63) is 35.5 Å². The molecular formula is C15H20N4O. The Morgan fingerprint density at radius 3 is 2.95 bits per heavy atom. The summed E-state index contributed by atoms with van der Waals surface area (Å²) in [5.41, 5.74) is 5.79. The molecule has 5 nitrogen and oxygen atoms in total. The second-order valence-corrected chi connectivity index (χ2v) is 5.10. The molecule has 1 aromatic heterocycles. The smallest absolute Gasteiger partial charge is 0.236 e. The van der Waals surface area contributed by atoms with Gasteiger partial charge in [-0.2, -0.15) is 5.10 Å². The molecule has 2 rings (SSSR count). The fraction of sp³-hybridized carbons (Fsp3) is 0.333. The number of fused-ring (bicyclic) bond motifs is 1. The third-order valence-corrected chi connectivity index (χ3v) is 3.06. The van der Waals surface area contributed by atoms with E-state index in [-0.39, 0.29) is 5.91 Å². The van der Waals surface area contributed by atoms with E-state index in [1.807, 2.05) is 12.1 Å². The molecule has 2 aromatic rings. The van der Waals surface area contributed by atoms with Crippen molar-refractivity contribution in [2.45, 2.75) is 13.3 Å². The summed E-state index contributed by atoms with van der Waals surface area (Å²) in [6.45, 7) is 2.45. The number of aromatic amines is 1. The molecular weight excluding hydrogens is 252 g/mol. The molecule has 0 aliphatic rings. The largest absolute Gasteiger partial charge is 0.361 e. The Balaban J connectivity index is 2.20. The van der Waals surface area contributed by atoms with Gasteiger partial charge in [0, 0.05) is 30.6 Å². The number of benzene rings is 1. The fourth-order valence-electron chi connectivity index (χ4n) is 2.02. The number of amides is 1. The highest BCUT2D eigenvalue weighted by atomic mass is 16.2. The minimum Gasteiger partial charge on any atom is -0.361 e. The van der Waals surface area contributed by atoms with Gasteiger partial charge in [-0.05, 0) is 43.8 Å². The Morgan fingerprint density at radius 1 is 1.45 bits per heavy atom. The standard InChI is InChI=1S/C15H20N4O/c1-11(20)18-17-9-12-4-5-15-14(8-12)13(10-16-15)6-7-19(2)3/h4-5,8-10,16H,6-7H2,1-3H3,(H,18,20)/b17-9-. The predicted molar refractivity (Wildman–Crippen MR) is 82.0 cm³/mol. The number of H-pyrrole nitrogens is 1. The maximum atomic E-state index is 10.8. The van der Waals surface area contributed by atoms with E-state index in [2.05, 4.69) is 46.8 Å². The van der Waals surface area contributed by atoms with Crippen molar-refractivity contribution < 1.29 is 4.79 Å². The van der Waals surface area contributed by atoms with Gasteiger partial charge in [0.1, 0.15) is 0 Å². The van der Waals surface area contributed by atoms with Crippen LogP contribution < -0.4 is 5.43 Å². The van der Waals surface area contributed by atoms with Gasteiger partial charge in [0.2, 0.25) is 5.91 Å². The molecule has 1 heterocycles. The van der Waals surface area contributed by atoms with Gasteiger partial charge in [0.05, 0.1) is 6.21 Å². The van der Waals surface area contributed by atoms with E-state index < -0.39 is 0 Å². The Hall–Kier alpha value is -2.14. The summed E-state index contributed by atoms with van der Waals surface area (Å²) >= 11 is 0. The third kappa shape index (κ3) is 3.68. The summed E-state index contributed by atoms with van der Waals surface area (Å²) in [6, 6.07) is 6.09. The Bertz CT molecular complexity index is 628. The summed E-state index contributed by atoms with van der Waals surface area (Å²) in [5, 5.41) is 5.10. The quantitative estimate of drug-likeness (QED) is 0.643. The van der Waals surface area contributed by atoms with E-state index in [9.17, 15) is 4.79 Å². The van der Waals surface area contributed by atoms with Crippen LogP contribution >= 0.6 is 0 Å². The first kappa shape index (κ1) is 14.3. The molecule has 0 fully saturated rings. The zero-order valence-electron chi connectivity index (χ0n) is 12.1. The van der Waals surface area contributed by atoms with Gasteiger partial charge in [-0.1, -0.05) is 6.07 Å². The third-order valence-electron chi connectivity index (χ3n) is 3.06. The monoisotopic (exact) mass is 272 g/mol. The maximum Gasteiger partial charge on any atom is 0.236 e. The Morgan fingerprint density at radius 2 is 2.25 bits per heavy atom. The lowest BCUT2D eigenvalue weighted by atomic mass is 10.1. The number of hydrogen-bond donors (Lipinski definition) is 2. The molecule has 0 radical (unpaired) electrons. The van der Waals surface area contributed by atoms with Gasteiger partial charge in [0.25, 0.3) is 0 Å². The molecule has 5 heteroatoms. The lowest BCUT2D eigenvalue weighted by Crippen LogP contribution is -2.14. The summed E-state index contributed by atoms with van der Waals surface area (Å²) in [4.78, 5) is 16.2. The minimum absolute atomic E-state index is 0.171. The van der Waals surface area contributed by atoms with E-state index in [1.54, 1.807) is 6.21 Å². The van der Waals surface area contributed by atoms with E-state index in [0.29, 0.717) is 0 Å². The number of carbonyl (C=O) groups excluding carboxylic acids is 1. The van der Waals surface area contributed by atoms with Crippen LogP contribution in [0.3, 0.4) is 0 Å². The number of hydrogen-bond acceptors (Lipinski definition) is 3. The number of nitrogens with zero attached hydrogens (tertiary/aromatic N) is 2. The van der Waals surface area contributed by atoms with Crippen molar-refractivity contribution in [2.75, 3.05) is 20.6 Å². The highest BCUT2D eigenvalue weighted by molar-refractivity contribution is 5.91. The number of rotatable bonds is 5. The Labute approximate surface area is 118 Å². The molecule has 106 valence electrons. The van der Waals surface area contributed by atoms with Crippen molar-refractivity contribution in [3.8, 4) is 0 Å². The highest BCUT2D eigenvalue weighted by Gasteiger charge is 2.04. The lowest BCUT2D eigenvalue weighted by Gasteiger charge is -2.08. The lowest BCUT2D eigenvalue weighted by molar-refractivity contribution is -0.118. The first-order valence-electron chi connectivity index (χ1n) is 6.60. The van der Waals surface area contributed by atoms with Crippen molar-refractivity contribution >= 4 is 23.0 Å². The van der Waals surface area contributed by atoms with Crippen LogP contribution in [-0.2, 0) is 11.2 Å². The van der Waals surface area contributed by atoms with Crippen LogP contribution in [0.4, 0.5) is 0 Å². The number of likely N-dealkylation sites (N-methyl/N-ethyl adjacent to an activating group) is 1. The SMILES string of the molecule is CC(=O)N/N=C\c1ccc2[nH]cc(CCN(C)C)c2c1. The van der Waals surface area contributed by atoms with Gasteiger partial charge < -0.3 is 9.88 Å². The highest BCUT2D eigenvalue weighted by Crippen LogP contribution is 2.20. The first-order chi connectivity index (χ1) is 9.56. The molecule has 20 heavy (non-hydrogen) atoms. The number of carbonyl (C=O) groups is 1. The molecule has 0 aliphatic heterocycles. The predicted octanol–water partition coefficient (Wildman–Crippen LogP) is 1.74. The van der Waals surface area contributed by atoms with Gasteiger partial charge in [-0.15, -0.1) is 0 Å². The number of nitrogens with one attached hydrogen (secondary N) is 2. The van der Waals surface area contributed by atoms with Gasteiger partial charge in [-0.3, -0.25) is 4.79 Å². The Kier molecular flexibility index (Phi) is 4.53. The molecule has 0 spiro atoms.